The maximum absolute atomic E-state index is 4.46. The zero-order valence-corrected chi connectivity index (χ0v) is 13.1. The lowest BCUT2D eigenvalue weighted by atomic mass is 10.1. The predicted octanol–water partition coefficient (Wildman–Crippen LogP) is 3.49. The number of benzene rings is 1. The van der Waals surface area contributed by atoms with Crippen molar-refractivity contribution in [1.82, 2.24) is 15.0 Å². The molecule has 1 aromatic carbocycles. The average molecular weight is 308 g/mol. The van der Waals surface area contributed by atoms with Gasteiger partial charge in [-0.2, -0.15) is 0 Å². The van der Waals surface area contributed by atoms with E-state index in [0.717, 1.165) is 29.0 Å². The molecule has 1 aliphatic carbocycles. The highest BCUT2D eigenvalue weighted by Crippen LogP contribution is 2.27. The average Bonchev–Trinajstić information content (AvgIpc) is 3.13. The summed E-state index contributed by atoms with van der Waals surface area (Å²) in [5, 5.41) is 3.44. The van der Waals surface area contributed by atoms with Crippen LogP contribution in [0.2, 0.25) is 0 Å². The molecule has 5 heteroatoms. The second-order valence-corrected chi connectivity index (χ2v) is 6.44. The van der Waals surface area contributed by atoms with Crippen LogP contribution in [0.5, 0.6) is 0 Å². The fourth-order valence-electron chi connectivity index (χ4n) is 2.94. The van der Waals surface area contributed by atoms with E-state index in [1.165, 1.54) is 11.1 Å². The first kappa shape index (κ1) is 13.4. The molecule has 0 bridgehead atoms. The van der Waals surface area contributed by atoms with E-state index in [4.69, 9.17) is 0 Å². The Morgan fingerprint density at radius 2 is 1.73 bits per heavy atom. The number of nitrogens with zero attached hydrogens (tertiary/aromatic N) is 3. The molecule has 0 fully saturated rings. The van der Waals surface area contributed by atoms with Gasteiger partial charge in [0, 0.05) is 24.0 Å². The molecule has 0 aliphatic heterocycles. The van der Waals surface area contributed by atoms with E-state index >= 15 is 0 Å². The van der Waals surface area contributed by atoms with Crippen molar-refractivity contribution in [1.29, 1.82) is 0 Å². The third-order valence-corrected chi connectivity index (χ3v) is 5.02. The van der Waals surface area contributed by atoms with E-state index in [2.05, 4.69) is 44.5 Å². The van der Waals surface area contributed by atoms with Gasteiger partial charge >= 0.3 is 0 Å². The molecule has 0 unspecified atom stereocenters. The summed E-state index contributed by atoms with van der Waals surface area (Å²) < 4.78 is 0. The molecule has 1 aliphatic rings. The standard InChI is InChI=1S/C17H16N4S/c1-11-16(22-10-20-11)14-8-18-17(19-9-14)21-15-6-12-4-2-3-5-13(12)7-15/h2-5,8-10,15H,6-7H2,1H3,(H,18,19,21). The van der Waals surface area contributed by atoms with E-state index in [0.29, 0.717) is 12.0 Å². The second kappa shape index (κ2) is 5.50. The number of aryl methyl sites for hydroxylation is 1. The first-order valence-corrected chi connectivity index (χ1v) is 8.23. The first-order chi connectivity index (χ1) is 10.8. The number of rotatable bonds is 3. The van der Waals surface area contributed by atoms with Crippen LogP contribution in [0.15, 0.2) is 42.2 Å². The Labute approximate surface area is 133 Å². The smallest absolute Gasteiger partial charge is 0.222 e. The van der Waals surface area contributed by atoms with E-state index in [9.17, 15) is 0 Å². The van der Waals surface area contributed by atoms with E-state index in [1.807, 2.05) is 24.8 Å². The summed E-state index contributed by atoms with van der Waals surface area (Å²) >= 11 is 1.62. The third kappa shape index (κ3) is 2.48. The molecule has 0 saturated carbocycles. The quantitative estimate of drug-likeness (QED) is 0.804. The summed E-state index contributed by atoms with van der Waals surface area (Å²) in [4.78, 5) is 14.3. The largest absolute Gasteiger partial charge is 0.351 e. The Balaban J connectivity index is 1.48. The molecule has 4 nitrogen and oxygen atoms in total. The van der Waals surface area contributed by atoms with Crippen molar-refractivity contribution in [2.75, 3.05) is 5.32 Å². The monoisotopic (exact) mass is 308 g/mol. The molecule has 1 N–H and O–H groups in total. The van der Waals surface area contributed by atoms with E-state index in [-0.39, 0.29) is 0 Å². The number of nitrogens with one attached hydrogen (secondary N) is 1. The highest BCUT2D eigenvalue weighted by molar-refractivity contribution is 7.13. The summed E-state index contributed by atoms with van der Waals surface area (Å²) in [5.41, 5.74) is 6.77. The highest BCUT2D eigenvalue weighted by Gasteiger charge is 2.21. The minimum absolute atomic E-state index is 0.383. The van der Waals surface area contributed by atoms with Crippen LogP contribution in [0.1, 0.15) is 16.8 Å². The van der Waals surface area contributed by atoms with Gasteiger partial charge in [-0.3, -0.25) is 0 Å². The minimum atomic E-state index is 0.383. The van der Waals surface area contributed by atoms with Crippen molar-refractivity contribution < 1.29 is 0 Å². The van der Waals surface area contributed by atoms with Crippen molar-refractivity contribution >= 4 is 17.3 Å². The molecule has 2 aromatic heterocycles. The molecule has 3 aromatic rings. The molecule has 0 amide bonds. The van der Waals surface area contributed by atoms with Gasteiger partial charge in [-0.25, -0.2) is 15.0 Å². The maximum Gasteiger partial charge on any atom is 0.222 e. The summed E-state index contributed by atoms with van der Waals surface area (Å²) in [6.45, 7) is 2.01. The Kier molecular flexibility index (Phi) is 3.35. The van der Waals surface area contributed by atoms with Gasteiger partial charge in [0.25, 0.3) is 0 Å². The van der Waals surface area contributed by atoms with E-state index < -0.39 is 0 Å². The first-order valence-electron chi connectivity index (χ1n) is 7.35. The third-order valence-electron chi connectivity index (χ3n) is 4.04. The Bertz CT molecular complexity index is 769. The molecule has 0 saturated heterocycles. The lowest BCUT2D eigenvalue weighted by Gasteiger charge is -2.11. The molecule has 22 heavy (non-hydrogen) atoms. The molecular weight excluding hydrogens is 292 g/mol. The highest BCUT2D eigenvalue weighted by atomic mass is 32.1. The Hall–Kier alpha value is -2.27. The molecule has 0 spiro atoms. The van der Waals surface area contributed by atoms with Gasteiger partial charge < -0.3 is 5.32 Å². The van der Waals surface area contributed by atoms with Crippen LogP contribution in [-0.4, -0.2) is 21.0 Å². The molecule has 4 rings (SSSR count). The Morgan fingerprint density at radius 3 is 2.32 bits per heavy atom. The van der Waals surface area contributed by atoms with Crippen molar-refractivity contribution in [2.24, 2.45) is 0 Å². The van der Waals surface area contributed by atoms with Crippen molar-refractivity contribution in [3.63, 3.8) is 0 Å². The lowest BCUT2D eigenvalue weighted by Crippen LogP contribution is -2.20. The fraction of sp³-hybridized carbons (Fsp3) is 0.235. The van der Waals surface area contributed by atoms with Crippen LogP contribution >= 0.6 is 11.3 Å². The summed E-state index contributed by atoms with van der Waals surface area (Å²) in [7, 11) is 0. The zero-order valence-electron chi connectivity index (χ0n) is 12.3. The zero-order chi connectivity index (χ0) is 14.9. The lowest BCUT2D eigenvalue weighted by molar-refractivity contribution is 0.762. The van der Waals surface area contributed by atoms with Gasteiger partial charge in [-0.1, -0.05) is 24.3 Å². The molecule has 110 valence electrons. The van der Waals surface area contributed by atoms with Gasteiger partial charge in [-0.05, 0) is 30.9 Å². The summed E-state index contributed by atoms with van der Waals surface area (Å²) in [5.74, 6) is 0.698. The number of fused-ring (bicyclic) bond motifs is 1. The molecular formula is C17H16N4S. The number of hydrogen-bond donors (Lipinski definition) is 1. The van der Waals surface area contributed by atoms with Gasteiger partial charge in [-0.15, -0.1) is 11.3 Å². The topological polar surface area (TPSA) is 50.7 Å². The molecule has 2 heterocycles. The Morgan fingerprint density at radius 1 is 1.05 bits per heavy atom. The van der Waals surface area contributed by atoms with Gasteiger partial charge in [0.15, 0.2) is 0 Å². The van der Waals surface area contributed by atoms with Gasteiger partial charge in [0.05, 0.1) is 16.1 Å². The molecule has 0 radical (unpaired) electrons. The SMILES string of the molecule is Cc1ncsc1-c1cnc(NC2Cc3ccccc3C2)nc1. The van der Waals surface area contributed by atoms with Gasteiger partial charge in [0.1, 0.15) is 0 Å². The summed E-state index contributed by atoms with van der Waals surface area (Å²) in [6.07, 6.45) is 5.82. The van der Waals surface area contributed by atoms with Crippen molar-refractivity contribution in [3.05, 3.63) is 59.0 Å². The number of hydrogen-bond acceptors (Lipinski definition) is 5. The van der Waals surface area contributed by atoms with Gasteiger partial charge in [0.2, 0.25) is 5.95 Å². The van der Waals surface area contributed by atoms with Crippen LogP contribution in [0, 0.1) is 6.92 Å². The fourth-order valence-corrected chi connectivity index (χ4v) is 3.72. The van der Waals surface area contributed by atoms with Crippen LogP contribution in [0.3, 0.4) is 0 Å². The van der Waals surface area contributed by atoms with Crippen LogP contribution in [-0.2, 0) is 12.8 Å². The number of anilines is 1. The minimum Gasteiger partial charge on any atom is -0.351 e. The number of thiazole rings is 1. The molecule has 0 atom stereocenters. The number of aromatic nitrogens is 3. The van der Waals surface area contributed by atoms with Crippen LogP contribution in [0.25, 0.3) is 10.4 Å². The van der Waals surface area contributed by atoms with E-state index in [1.54, 1.807) is 11.3 Å². The van der Waals surface area contributed by atoms with Crippen LogP contribution in [0.4, 0.5) is 5.95 Å². The summed E-state index contributed by atoms with van der Waals surface area (Å²) in [6, 6.07) is 8.99. The maximum atomic E-state index is 4.46. The second-order valence-electron chi connectivity index (χ2n) is 5.58. The van der Waals surface area contributed by atoms with Crippen molar-refractivity contribution in [2.45, 2.75) is 25.8 Å². The predicted molar refractivity (Wildman–Crippen MR) is 89.1 cm³/mol. The van der Waals surface area contributed by atoms with Crippen molar-refractivity contribution in [3.8, 4) is 10.4 Å². The normalized spacial score (nSPS) is 14.0. The van der Waals surface area contributed by atoms with Crippen LogP contribution < -0.4 is 5.32 Å².